The maximum Gasteiger partial charge on any atom is 0.471 e. The predicted octanol–water partition coefficient (Wildman–Crippen LogP) is 1.61. The second-order valence-corrected chi connectivity index (χ2v) is 6.25. The Labute approximate surface area is 151 Å². The van der Waals surface area contributed by atoms with Gasteiger partial charge in [-0.25, -0.2) is 5.01 Å². The van der Waals surface area contributed by atoms with Crippen LogP contribution in [0.4, 0.5) is 13.2 Å². The van der Waals surface area contributed by atoms with Crippen molar-refractivity contribution in [3.63, 3.8) is 0 Å². The molecule has 2 heterocycles. The molecule has 8 nitrogen and oxygen atoms in total. The SMILES string of the molecule is CC(C)N1CC(NC(=O)c2ccc(-c3noc(C(F)(F)F)n3)cc2)C(=O)N1. The first-order valence-corrected chi connectivity index (χ1v) is 8.04. The zero-order valence-electron chi connectivity index (χ0n) is 14.4. The van der Waals surface area contributed by atoms with Gasteiger partial charge in [0, 0.05) is 23.7 Å². The number of hydrogen-bond donors (Lipinski definition) is 2. The molecule has 2 N–H and O–H groups in total. The van der Waals surface area contributed by atoms with E-state index in [1.54, 1.807) is 5.01 Å². The van der Waals surface area contributed by atoms with Crippen LogP contribution in [0.15, 0.2) is 28.8 Å². The molecule has 1 atom stereocenters. The van der Waals surface area contributed by atoms with E-state index in [1.165, 1.54) is 24.3 Å². The van der Waals surface area contributed by atoms with Crippen molar-refractivity contribution in [2.45, 2.75) is 32.1 Å². The van der Waals surface area contributed by atoms with Crippen molar-refractivity contribution >= 4 is 11.8 Å². The quantitative estimate of drug-likeness (QED) is 0.832. The second kappa shape index (κ2) is 6.99. The van der Waals surface area contributed by atoms with E-state index in [9.17, 15) is 22.8 Å². The number of alkyl halides is 3. The molecular formula is C16H16F3N5O3. The summed E-state index contributed by atoms with van der Waals surface area (Å²) in [6, 6.07) is 5.00. The number of benzene rings is 1. The molecule has 0 radical (unpaired) electrons. The molecule has 1 aliphatic heterocycles. The van der Waals surface area contributed by atoms with Crippen molar-refractivity contribution in [2.75, 3.05) is 6.54 Å². The van der Waals surface area contributed by atoms with Crippen molar-refractivity contribution in [1.29, 1.82) is 0 Å². The van der Waals surface area contributed by atoms with Crippen molar-refractivity contribution < 1.29 is 27.3 Å². The molecule has 11 heteroatoms. The number of halogens is 3. The van der Waals surface area contributed by atoms with Gasteiger partial charge in [0.15, 0.2) is 0 Å². The van der Waals surface area contributed by atoms with E-state index in [4.69, 9.17) is 0 Å². The van der Waals surface area contributed by atoms with Crippen LogP contribution < -0.4 is 10.7 Å². The minimum absolute atomic E-state index is 0.0895. The van der Waals surface area contributed by atoms with Gasteiger partial charge >= 0.3 is 12.1 Å². The minimum Gasteiger partial charge on any atom is -0.339 e. The van der Waals surface area contributed by atoms with Gasteiger partial charge in [-0.1, -0.05) is 17.3 Å². The van der Waals surface area contributed by atoms with Crippen LogP contribution >= 0.6 is 0 Å². The molecule has 0 spiro atoms. The smallest absolute Gasteiger partial charge is 0.339 e. The number of carbonyl (C=O) groups excluding carboxylic acids is 2. The highest BCUT2D eigenvalue weighted by molar-refractivity contribution is 5.98. The number of carbonyl (C=O) groups is 2. The highest BCUT2D eigenvalue weighted by Crippen LogP contribution is 2.29. The van der Waals surface area contributed by atoms with Crippen LogP contribution in [0.5, 0.6) is 0 Å². The molecule has 1 fully saturated rings. The van der Waals surface area contributed by atoms with E-state index >= 15 is 0 Å². The Hall–Kier alpha value is -2.95. The molecule has 2 amide bonds. The van der Waals surface area contributed by atoms with Crippen molar-refractivity contribution in [2.24, 2.45) is 0 Å². The van der Waals surface area contributed by atoms with Crippen LogP contribution in [0.25, 0.3) is 11.4 Å². The van der Waals surface area contributed by atoms with Gasteiger partial charge in [0.25, 0.3) is 11.8 Å². The standard InChI is InChI=1S/C16H16F3N5O3/c1-8(2)24-7-11(14(26)22-24)20-13(25)10-5-3-9(4-6-10)12-21-15(27-23-12)16(17,18)19/h3-6,8,11H,7H2,1-2H3,(H,20,25)(H,22,26). The van der Waals surface area contributed by atoms with E-state index in [1.807, 2.05) is 13.8 Å². The first kappa shape index (κ1) is 18.8. The topological polar surface area (TPSA) is 100 Å². The first-order valence-electron chi connectivity index (χ1n) is 8.04. The lowest BCUT2D eigenvalue weighted by Gasteiger charge is -2.18. The lowest BCUT2D eigenvalue weighted by Crippen LogP contribution is -2.41. The summed E-state index contributed by atoms with van der Waals surface area (Å²) in [6.45, 7) is 4.15. The van der Waals surface area contributed by atoms with Gasteiger partial charge in [-0.05, 0) is 26.0 Å². The first-order chi connectivity index (χ1) is 12.6. The molecule has 27 heavy (non-hydrogen) atoms. The third kappa shape index (κ3) is 4.08. The molecule has 3 rings (SSSR count). The van der Waals surface area contributed by atoms with Gasteiger partial charge in [-0.3, -0.25) is 15.0 Å². The molecule has 0 bridgehead atoms. The molecule has 1 unspecified atom stereocenters. The van der Waals surface area contributed by atoms with Gasteiger partial charge < -0.3 is 9.84 Å². The van der Waals surface area contributed by atoms with Crippen molar-refractivity contribution in [3.05, 3.63) is 35.7 Å². The van der Waals surface area contributed by atoms with Crippen LogP contribution in [0.2, 0.25) is 0 Å². The van der Waals surface area contributed by atoms with E-state index < -0.39 is 24.0 Å². The Bertz CT molecular complexity index is 848. The highest BCUT2D eigenvalue weighted by atomic mass is 19.4. The molecule has 1 saturated heterocycles. The molecule has 144 valence electrons. The van der Waals surface area contributed by atoms with E-state index in [-0.39, 0.29) is 28.9 Å². The fraction of sp³-hybridized carbons (Fsp3) is 0.375. The molecule has 1 aromatic heterocycles. The van der Waals surface area contributed by atoms with Crippen LogP contribution in [-0.2, 0) is 11.0 Å². The number of aromatic nitrogens is 2. The summed E-state index contributed by atoms with van der Waals surface area (Å²) in [5, 5.41) is 7.62. The normalized spacial score (nSPS) is 18.0. The van der Waals surface area contributed by atoms with Crippen LogP contribution in [-0.4, -0.2) is 45.6 Å². The highest BCUT2D eigenvalue weighted by Gasteiger charge is 2.38. The Morgan fingerprint density at radius 1 is 1.33 bits per heavy atom. The number of rotatable bonds is 4. The van der Waals surface area contributed by atoms with Crippen LogP contribution in [0.3, 0.4) is 0 Å². The van der Waals surface area contributed by atoms with Crippen LogP contribution in [0.1, 0.15) is 30.1 Å². The zero-order valence-corrected chi connectivity index (χ0v) is 14.4. The molecular weight excluding hydrogens is 367 g/mol. The summed E-state index contributed by atoms with van der Waals surface area (Å²) in [6.07, 6.45) is -4.73. The maximum absolute atomic E-state index is 12.5. The largest absolute Gasteiger partial charge is 0.471 e. The number of nitrogens with one attached hydrogen (secondary N) is 2. The summed E-state index contributed by atoms with van der Waals surface area (Å²) in [7, 11) is 0. The molecule has 1 aliphatic rings. The van der Waals surface area contributed by atoms with E-state index in [0.29, 0.717) is 6.54 Å². The maximum atomic E-state index is 12.5. The summed E-state index contributed by atoms with van der Waals surface area (Å²) in [5.74, 6) is -2.46. The summed E-state index contributed by atoms with van der Waals surface area (Å²) in [5.41, 5.74) is 3.17. The van der Waals surface area contributed by atoms with Gasteiger partial charge in [0.1, 0.15) is 6.04 Å². The van der Waals surface area contributed by atoms with Crippen molar-refractivity contribution in [3.8, 4) is 11.4 Å². The Morgan fingerprint density at radius 2 is 2.00 bits per heavy atom. The average molecular weight is 383 g/mol. The molecule has 0 aliphatic carbocycles. The van der Waals surface area contributed by atoms with Crippen LogP contribution in [0, 0.1) is 0 Å². The molecule has 1 aromatic carbocycles. The summed E-state index contributed by atoms with van der Waals surface area (Å²) < 4.78 is 41.7. The van der Waals surface area contributed by atoms with E-state index in [2.05, 4.69) is 25.4 Å². The predicted molar refractivity (Wildman–Crippen MR) is 86.0 cm³/mol. The molecule has 2 aromatic rings. The third-order valence-corrected chi connectivity index (χ3v) is 3.95. The van der Waals surface area contributed by atoms with Gasteiger partial charge in [0.05, 0.1) is 0 Å². The number of nitrogens with zero attached hydrogens (tertiary/aromatic N) is 3. The van der Waals surface area contributed by atoms with Gasteiger partial charge in [0.2, 0.25) is 5.82 Å². The minimum atomic E-state index is -4.73. The Balaban J connectivity index is 1.67. The van der Waals surface area contributed by atoms with Crippen molar-refractivity contribution in [1.82, 2.24) is 25.9 Å². The fourth-order valence-corrected chi connectivity index (χ4v) is 2.46. The second-order valence-electron chi connectivity index (χ2n) is 6.25. The van der Waals surface area contributed by atoms with E-state index in [0.717, 1.165) is 0 Å². The number of hydrazine groups is 1. The summed E-state index contributed by atoms with van der Waals surface area (Å²) in [4.78, 5) is 27.5. The monoisotopic (exact) mass is 383 g/mol. The fourth-order valence-electron chi connectivity index (χ4n) is 2.46. The van der Waals surface area contributed by atoms with Gasteiger partial charge in [-0.15, -0.1) is 0 Å². The lowest BCUT2D eigenvalue weighted by atomic mass is 10.1. The third-order valence-electron chi connectivity index (χ3n) is 3.95. The lowest BCUT2D eigenvalue weighted by molar-refractivity contribution is -0.159. The molecule has 0 saturated carbocycles. The number of amides is 2. The zero-order chi connectivity index (χ0) is 19.8. The summed E-state index contributed by atoms with van der Waals surface area (Å²) >= 11 is 0. The Kier molecular flexibility index (Phi) is 4.87. The van der Waals surface area contributed by atoms with Gasteiger partial charge in [-0.2, -0.15) is 18.2 Å². The number of hydrogen-bond acceptors (Lipinski definition) is 6. The Morgan fingerprint density at radius 3 is 2.52 bits per heavy atom. The average Bonchev–Trinajstić information content (AvgIpc) is 3.22.